The van der Waals surface area contributed by atoms with Gasteiger partial charge in [0.25, 0.3) is 0 Å². The minimum absolute atomic E-state index is 0.642. The molecule has 2 aromatic rings. The van der Waals surface area contributed by atoms with Crippen LogP contribution < -0.4 is 11.1 Å². The molecule has 1 heterocycles. The number of rotatable bonds is 4. The topological polar surface area (TPSA) is 50.9 Å². The molecule has 0 amide bonds. The summed E-state index contributed by atoms with van der Waals surface area (Å²) in [5.41, 5.74) is 9.77. The fourth-order valence-electron chi connectivity index (χ4n) is 2.21. The van der Waals surface area contributed by atoms with Crippen LogP contribution in [0.15, 0.2) is 24.3 Å². The van der Waals surface area contributed by atoms with Crippen molar-refractivity contribution < 1.29 is 0 Å². The third-order valence-corrected chi connectivity index (χ3v) is 4.11. The van der Waals surface area contributed by atoms with Crippen LogP contribution in [0.2, 0.25) is 0 Å². The van der Waals surface area contributed by atoms with E-state index in [9.17, 15) is 0 Å². The lowest BCUT2D eigenvalue weighted by atomic mass is 10.1. The predicted molar refractivity (Wildman–Crippen MR) is 77.0 cm³/mol. The Morgan fingerprint density at radius 1 is 1.44 bits per heavy atom. The molecule has 18 heavy (non-hydrogen) atoms. The lowest BCUT2D eigenvalue weighted by Crippen LogP contribution is -2.00. The smallest absolute Gasteiger partial charge is 0.142 e. The number of hydrogen-bond donors (Lipinski definition) is 2. The maximum absolute atomic E-state index is 5.93. The molecule has 1 aromatic carbocycles. The predicted octanol–water partition coefficient (Wildman–Crippen LogP) is 3.52. The van der Waals surface area contributed by atoms with Crippen LogP contribution in [0, 0.1) is 6.92 Å². The van der Waals surface area contributed by atoms with Crippen molar-refractivity contribution in [2.24, 2.45) is 0 Å². The van der Waals surface area contributed by atoms with Crippen LogP contribution in [-0.2, 0) is 6.54 Å². The summed E-state index contributed by atoms with van der Waals surface area (Å²) in [4.78, 5) is 0. The highest BCUT2D eigenvalue weighted by molar-refractivity contribution is 7.10. The van der Waals surface area contributed by atoms with Crippen LogP contribution in [0.1, 0.15) is 35.4 Å². The Morgan fingerprint density at radius 3 is 3.00 bits per heavy atom. The Balaban J connectivity index is 1.73. The van der Waals surface area contributed by atoms with Gasteiger partial charge in [-0.05, 0) is 42.8 Å². The molecular formula is C14H17N3S. The van der Waals surface area contributed by atoms with Crippen molar-refractivity contribution >= 4 is 22.4 Å². The van der Waals surface area contributed by atoms with E-state index in [0.29, 0.717) is 11.7 Å². The molecule has 3 rings (SSSR count). The minimum Gasteiger partial charge on any atom is -0.383 e. The first kappa shape index (κ1) is 11.5. The molecule has 0 saturated heterocycles. The van der Waals surface area contributed by atoms with Gasteiger partial charge in [-0.15, -0.1) is 0 Å². The first-order valence-corrected chi connectivity index (χ1v) is 7.06. The van der Waals surface area contributed by atoms with Gasteiger partial charge in [-0.2, -0.15) is 4.37 Å². The van der Waals surface area contributed by atoms with Crippen LogP contribution in [0.3, 0.4) is 0 Å². The van der Waals surface area contributed by atoms with Crippen LogP contribution in [0.4, 0.5) is 10.8 Å². The normalized spacial score (nSPS) is 14.7. The van der Waals surface area contributed by atoms with Crippen LogP contribution >= 0.6 is 11.5 Å². The molecule has 1 aromatic heterocycles. The van der Waals surface area contributed by atoms with Crippen molar-refractivity contribution in [1.29, 1.82) is 0 Å². The molecule has 0 bridgehead atoms. The molecule has 4 heteroatoms. The van der Waals surface area contributed by atoms with Gasteiger partial charge in [-0.1, -0.05) is 29.8 Å². The number of anilines is 2. The third-order valence-electron chi connectivity index (χ3n) is 3.28. The highest BCUT2D eigenvalue weighted by Gasteiger charge is 2.30. The molecule has 0 radical (unpaired) electrons. The van der Waals surface area contributed by atoms with Gasteiger partial charge >= 0.3 is 0 Å². The first-order valence-electron chi connectivity index (χ1n) is 6.28. The second-order valence-electron chi connectivity index (χ2n) is 4.93. The zero-order valence-electron chi connectivity index (χ0n) is 10.4. The molecule has 1 aliphatic rings. The first-order chi connectivity index (χ1) is 8.74. The molecule has 0 spiro atoms. The van der Waals surface area contributed by atoms with Gasteiger partial charge in [0.05, 0.1) is 0 Å². The molecular weight excluding hydrogens is 242 g/mol. The molecule has 0 unspecified atom stereocenters. The second kappa shape index (κ2) is 4.61. The number of aryl methyl sites for hydroxylation is 1. The van der Waals surface area contributed by atoms with Crippen LogP contribution in [-0.4, -0.2) is 4.37 Å². The van der Waals surface area contributed by atoms with Crippen molar-refractivity contribution in [3.05, 3.63) is 41.0 Å². The summed E-state index contributed by atoms with van der Waals surface area (Å²) in [6.07, 6.45) is 2.50. The molecule has 1 fully saturated rings. The van der Waals surface area contributed by atoms with Gasteiger partial charge in [-0.3, -0.25) is 0 Å². The molecule has 3 N–H and O–H groups in total. The molecule has 1 aliphatic carbocycles. The number of aromatic nitrogens is 1. The van der Waals surface area contributed by atoms with Gasteiger partial charge in [0, 0.05) is 12.1 Å². The van der Waals surface area contributed by atoms with E-state index >= 15 is 0 Å². The second-order valence-corrected chi connectivity index (χ2v) is 5.70. The molecule has 1 saturated carbocycles. The number of hydrogen-bond acceptors (Lipinski definition) is 4. The van der Waals surface area contributed by atoms with Crippen molar-refractivity contribution in [2.45, 2.75) is 32.2 Å². The van der Waals surface area contributed by atoms with Crippen molar-refractivity contribution in [1.82, 2.24) is 4.37 Å². The lowest BCUT2D eigenvalue weighted by Gasteiger charge is -2.07. The van der Waals surface area contributed by atoms with E-state index in [1.54, 1.807) is 0 Å². The Kier molecular flexibility index (Phi) is 2.96. The zero-order chi connectivity index (χ0) is 12.5. The van der Waals surface area contributed by atoms with Gasteiger partial charge in [-0.25, -0.2) is 0 Å². The van der Waals surface area contributed by atoms with E-state index in [2.05, 4.69) is 40.9 Å². The van der Waals surface area contributed by atoms with E-state index in [-0.39, 0.29) is 0 Å². The van der Waals surface area contributed by atoms with Gasteiger partial charge in [0.15, 0.2) is 0 Å². The Labute approximate surface area is 111 Å². The van der Waals surface area contributed by atoms with Crippen molar-refractivity contribution in [2.75, 3.05) is 11.1 Å². The Morgan fingerprint density at radius 2 is 2.28 bits per heavy atom. The fourth-order valence-corrected chi connectivity index (χ4v) is 3.00. The number of benzene rings is 1. The summed E-state index contributed by atoms with van der Waals surface area (Å²) in [6.45, 7) is 2.95. The average molecular weight is 259 g/mol. The molecule has 0 aliphatic heterocycles. The lowest BCUT2D eigenvalue weighted by molar-refractivity contribution is 1.10. The maximum Gasteiger partial charge on any atom is 0.142 e. The number of nitrogen functional groups attached to an aromatic ring is 1. The SMILES string of the molecule is Cc1cccc(CNc2snc(N)c2C2CC2)c1. The quantitative estimate of drug-likeness (QED) is 0.883. The van der Waals surface area contributed by atoms with Crippen LogP contribution in [0.5, 0.6) is 0 Å². The van der Waals surface area contributed by atoms with Crippen LogP contribution in [0.25, 0.3) is 0 Å². The Hall–Kier alpha value is -1.55. The minimum atomic E-state index is 0.642. The fraction of sp³-hybridized carbons (Fsp3) is 0.357. The summed E-state index contributed by atoms with van der Waals surface area (Å²) < 4.78 is 4.26. The van der Waals surface area contributed by atoms with E-state index in [1.165, 1.54) is 41.1 Å². The molecule has 3 nitrogen and oxygen atoms in total. The van der Waals surface area contributed by atoms with E-state index in [0.717, 1.165) is 11.5 Å². The zero-order valence-corrected chi connectivity index (χ0v) is 11.3. The number of nitrogens with two attached hydrogens (primary N) is 1. The van der Waals surface area contributed by atoms with E-state index in [1.807, 2.05) is 0 Å². The highest BCUT2D eigenvalue weighted by Crippen LogP contribution is 2.47. The Bertz CT molecular complexity index is 558. The summed E-state index contributed by atoms with van der Waals surface area (Å²) in [6, 6.07) is 8.55. The number of nitrogens with one attached hydrogen (secondary N) is 1. The molecule has 94 valence electrons. The summed E-state index contributed by atoms with van der Waals surface area (Å²) in [5.74, 6) is 1.36. The summed E-state index contributed by atoms with van der Waals surface area (Å²) in [5, 5.41) is 4.62. The maximum atomic E-state index is 5.93. The number of nitrogens with zero attached hydrogens (tertiary/aromatic N) is 1. The summed E-state index contributed by atoms with van der Waals surface area (Å²) >= 11 is 1.48. The highest BCUT2D eigenvalue weighted by atomic mass is 32.1. The monoisotopic (exact) mass is 259 g/mol. The average Bonchev–Trinajstić information content (AvgIpc) is 3.11. The van der Waals surface area contributed by atoms with E-state index in [4.69, 9.17) is 5.73 Å². The third kappa shape index (κ3) is 2.34. The van der Waals surface area contributed by atoms with E-state index < -0.39 is 0 Å². The van der Waals surface area contributed by atoms with Gasteiger partial charge in [0.1, 0.15) is 10.8 Å². The molecule has 0 atom stereocenters. The van der Waals surface area contributed by atoms with Crippen molar-refractivity contribution in [3.8, 4) is 0 Å². The summed E-state index contributed by atoms with van der Waals surface area (Å²) in [7, 11) is 0. The standard InChI is InChI=1S/C14H17N3S/c1-9-3-2-4-10(7-9)8-16-14-12(11-5-6-11)13(15)17-18-14/h2-4,7,11,16H,5-6,8H2,1H3,(H2,15,17). The van der Waals surface area contributed by atoms with Gasteiger partial charge in [0.2, 0.25) is 0 Å². The van der Waals surface area contributed by atoms with Gasteiger partial charge < -0.3 is 11.1 Å². The largest absolute Gasteiger partial charge is 0.383 e. The van der Waals surface area contributed by atoms with Crippen molar-refractivity contribution in [3.63, 3.8) is 0 Å².